The minimum atomic E-state index is -0.948. The SMILES string of the molecule is CC(C)c1noc(/C=C/C(=O)N2CCN(c3nc(OC[C@@]45CCCN4C[C@H](F)C5)nc4c(F)c(-c5cccc6cccc(Cl)c56)ncc34)C[C@@H]2CC#N)n1. The van der Waals surface area contributed by atoms with Gasteiger partial charge in [-0.15, -0.1) is 0 Å². The van der Waals surface area contributed by atoms with Gasteiger partial charge in [0.05, 0.1) is 29.5 Å². The summed E-state index contributed by atoms with van der Waals surface area (Å²) in [5.41, 5.74) is 0.0999. The first-order chi connectivity index (χ1) is 26.1. The molecule has 8 rings (SSSR count). The van der Waals surface area contributed by atoms with Crippen molar-refractivity contribution in [2.45, 2.75) is 63.2 Å². The minimum absolute atomic E-state index is 0.00165. The van der Waals surface area contributed by atoms with Crippen molar-refractivity contribution < 1.29 is 22.8 Å². The molecule has 0 radical (unpaired) electrons. The lowest BCUT2D eigenvalue weighted by molar-refractivity contribution is -0.128. The Balaban J connectivity index is 1.15. The zero-order valence-corrected chi connectivity index (χ0v) is 30.6. The van der Waals surface area contributed by atoms with Gasteiger partial charge in [0.1, 0.15) is 29.8 Å². The summed E-state index contributed by atoms with van der Waals surface area (Å²) >= 11 is 6.63. The number of pyridine rings is 1. The van der Waals surface area contributed by atoms with Gasteiger partial charge in [-0.1, -0.05) is 60.9 Å². The molecule has 3 saturated heterocycles. The van der Waals surface area contributed by atoms with E-state index in [2.05, 4.69) is 31.1 Å². The van der Waals surface area contributed by atoms with E-state index in [1.165, 1.54) is 12.2 Å². The van der Waals surface area contributed by atoms with Crippen LogP contribution in [-0.2, 0) is 4.79 Å². The molecular formula is C39H38ClF2N9O3. The second-order valence-corrected chi connectivity index (χ2v) is 14.9. The molecule has 3 aromatic heterocycles. The third-order valence-electron chi connectivity index (χ3n) is 10.7. The van der Waals surface area contributed by atoms with E-state index < -0.39 is 23.6 Å². The number of amides is 1. The summed E-state index contributed by atoms with van der Waals surface area (Å²) in [7, 11) is 0. The molecule has 278 valence electrons. The maximum Gasteiger partial charge on any atom is 0.319 e. The Morgan fingerprint density at radius 3 is 2.80 bits per heavy atom. The van der Waals surface area contributed by atoms with Crippen LogP contribution in [0.3, 0.4) is 0 Å². The summed E-state index contributed by atoms with van der Waals surface area (Å²) in [5, 5.41) is 16.0. The van der Waals surface area contributed by atoms with Gasteiger partial charge in [0, 0.05) is 72.8 Å². The standard InChI is InChI=1S/C39H38ClF2N9O3/c1-23(2)36-45-30(54-48-36)10-11-31(52)51-17-16-49(21-26(51)12-14-43)37-28-19-44-34(27-8-3-6-24-7-4-9-29(40)32(24)27)33(42)35(28)46-38(47-37)53-22-39-13-5-15-50(39)20-25(41)18-39/h3-4,6-11,19,23,25-26H,5,12-13,15-18,20-22H2,1-2H3/b11-10+/t25-,26+,39+/m1/s1. The zero-order chi connectivity index (χ0) is 37.6. The first-order valence-electron chi connectivity index (χ1n) is 18.1. The number of carbonyl (C=O) groups excluding carboxylic acids is 1. The van der Waals surface area contributed by atoms with Crippen LogP contribution in [0.1, 0.15) is 57.2 Å². The van der Waals surface area contributed by atoms with E-state index in [-0.39, 0.29) is 61.1 Å². The number of rotatable bonds is 9. The summed E-state index contributed by atoms with van der Waals surface area (Å²) in [6.45, 7) is 5.96. The normalized spacial score (nSPS) is 21.8. The Hall–Kier alpha value is -5.26. The predicted molar refractivity (Wildman–Crippen MR) is 199 cm³/mol. The third-order valence-corrected chi connectivity index (χ3v) is 11.0. The Kier molecular flexibility index (Phi) is 9.62. The number of alkyl halides is 1. The number of benzene rings is 2. The van der Waals surface area contributed by atoms with Gasteiger partial charge in [-0.3, -0.25) is 14.7 Å². The van der Waals surface area contributed by atoms with Crippen molar-refractivity contribution in [1.29, 1.82) is 5.26 Å². The summed E-state index contributed by atoms with van der Waals surface area (Å²) in [6, 6.07) is 12.6. The molecule has 3 aliphatic heterocycles. The van der Waals surface area contributed by atoms with E-state index in [9.17, 15) is 14.4 Å². The molecule has 0 saturated carbocycles. The van der Waals surface area contributed by atoms with Crippen LogP contribution < -0.4 is 9.64 Å². The van der Waals surface area contributed by atoms with Crippen molar-refractivity contribution in [3.63, 3.8) is 0 Å². The molecule has 1 amide bonds. The zero-order valence-electron chi connectivity index (χ0n) is 29.9. The molecule has 3 fully saturated rings. The number of piperazine rings is 1. The van der Waals surface area contributed by atoms with Gasteiger partial charge in [-0.05, 0) is 30.8 Å². The van der Waals surface area contributed by atoms with Crippen LogP contribution >= 0.6 is 11.6 Å². The highest BCUT2D eigenvalue weighted by Gasteiger charge is 2.49. The van der Waals surface area contributed by atoms with Crippen LogP contribution in [0.2, 0.25) is 5.02 Å². The Morgan fingerprint density at radius 2 is 2.00 bits per heavy atom. The lowest BCUT2D eigenvalue weighted by Crippen LogP contribution is -2.55. The number of fused-ring (bicyclic) bond motifs is 3. The van der Waals surface area contributed by atoms with Crippen molar-refractivity contribution in [3.8, 4) is 23.3 Å². The van der Waals surface area contributed by atoms with E-state index in [1.807, 2.05) is 43.0 Å². The van der Waals surface area contributed by atoms with E-state index in [1.54, 1.807) is 23.2 Å². The molecule has 0 aliphatic carbocycles. The number of carbonyl (C=O) groups is 1. The molecule has 0 spiro atoms. The molecule has 0 bridgehead atoms. The summed E-state index contributed by atoms with van der Waals surface area (Å²) < 4.78 is 43.1. The highest BCUT2D eigenvalue weighted by molar-refractivity contribution is 6.36. The smallest absolute Gasteiger partial charge is 0.319 e. The molecular weight excluding hydrogens is 716 g/mol. The number of nitrogens with zero attached hydrogens (tertiary/aromatic N) is 9. The van der Waals surface area contributed by atoms with Gasteiger partial charge in [-0.25, -0.2) is 8.78 Å². The summed E-state index contributed by atoms with van der Waals surface area (Å²) in [4.78, 5) is 37.4. The van der Waals surface area contributed by atoms with Gasteiger partial charge in [-0.2, -0.15) is 20.2 Å². The monoisotopic (exact) mass is 753 g/mol. The van der Waals surface area contributed by atoms with Crippen molar-refractivity contribution in [2.24, 2.45) is 0 Å². The number of aromatic nitrogens is 5. The lowest BCUT2D eigenvalue weighted by Gasteiger charge is -2.41. The maximum atomic E-state index is 16.9. The Bertz CT molecular complexity index is 2310. The summed E-state index contributed by atoms with van der Waals surface area (Å²) in [5.74, 6) is 0.183. The predicted octanol–water partition coefficient (Wildman–Crippen LogP) is 6.74. The molecule has 5 aromatic rings. The quantitative estimate of drug-likeness (QED) is 0.148. The lowest BCUT2D eigenvalue weighted by atomic mass is 9.95. The van der Waals surface area contributed by atoms with E-state index in [0.717, 1.165) is 24.8 Å². The second kappa shape index (κ2) is 14.5. The highest BCUT2D eigenvalue weighted by atomic mass is 35.5. The number of ether oxygens (including phenoxy) is 1. The Morgan fingerprint density at radius 1 is 1.17 bits per heavy atom. The van der Waals surface area contributed by atoms with E-state index in [4.69, 9.17) is 25.8 Å². The fourth-order valence-corrected chi connectivity index (χ4v) is 8.34. The largest absolute Gasteiger partial charge is 0.461 e. The van der Waals surface area contributed by atoms with Crippen LogP contribution in [0.5, 0.6) is 6.01 Å². The highest BCUT2D eigenvalue weighted by Crippen LogP contribution is 2.41. The number of nitriles is 1. The van der Waals surface area contributed by atoms with E-state index >= 15 is 4.39 Å². The van der Waals surface area contributed by atoms with Gasteiger partial charge in [0.25, 0.3) is 5.89 Å². The molecule has 15 heteroatoms. The van der Waals surface area contributed by atoms with E-state index in [0.29, 0.717) is 52.5 Å². The maximum absolute atomic E-state index is 16.9. The molecule has 12 nitrogen and oxygen atoms in total. The van der Waals surface area contributed by atoms with Crippen LogP contribution in [-0.4, -0.2) is 97.9 Å². The minimum Gasteiger partial charge on any atom is -0.461 e. The van der Waals surface area contributed by atoms with Crippen LogP contribution in [0.15, 0.2) is 53.2 Å². The van der Waals surface area contributed by atoms with Gasteiger partial charge in [0.15, 0.2) is 11.6 Å². The number of hydrogen-bond acceptors (Lipinski definition) is 11. The van der Waals surface area contributed by atoms with Gasteiger partial charge in [0.2, 0.25) is 5.91 Å². The molecule has 54 heavy (non-hydrogen) atoms. The first kappa shape index (κ1) is 35.8. The molecule has 6 heterocycles. The number of anilines is 1. The van der Waals surface area contributed by atoms with Crippen molar-refractivity contribution in [1.82, 2.24) is 34.9 Å². The Labute approximate surface area is 315 Å². The van der Waals surface area contributed by atoms with Gasteiger partial charge < -0.3 is 19.1 Å². The fraction of sp³-hybridized carbons (Fsp3) is 0.410. The number of hydrogen-bond donors (Lipinski definition) is 0. The summed E-state index contributed by atoms with van der Waals surface area (Å²) in [6.07, 6.45) is 5.53. The van der Waals surface area contributed by atoms with Gasteiger partial charge >= 0.3 is 6.01 Å². The average Bonchev–Trinajstić information content (AvgIpc) is 3.88. The van der Waals surface area contributed by atoms with Crippen molar-refractivity contribution >= 4 is 51.1 Å². The first-order valence-corrected chi connectivity index (χ1v) is 18.5. The molecule has 3 atom stereocenters. The fourth-order valence-electron chi connectivity index (χ4n) is 8.06. The molecule has 3 aliphatic rings. The van der Waals surface area contributed by atoms with Crippen LogP contribution in [0, 0.1) is 17.1 Å². The van der Waals surface area contributed by atoms with Crippen molar-refractivity contribution in [3.05, 3.63) is 71.2 Å². The molecule has 0 N–H and O–H groups in total. The van der Waals surface area contributed by atoms with Crippen LogP contribution in [0.25, 0.3) is 39.0 Å². The third kappa shape index (κ3) is 6.60. The topological polar surface area (TPSA) is 137 Å². The molecule has 2 aromatic carbocycles. The van der Waals surface area contributed by atoms with Crippen molar-refractivity contribution in [2.75, 3.05) is 44.2 Å². The number of halogens is 3. The average molecular weight is 754 g/mol. The molecule has 0 unspecified atom stereocenters. The van der Waals surface area contributed by atoms with Crippen LogP contribution in [0.4, 0.5) is 14.6 Å². The second-order valence-electron chi connectivity index (χ2n) is 14.5.